The van der Waals surface area contributed by atoms with Crippen molar-refractivity contribution in [1.82, 2.24) is 10.1 Å². The lowest BCUT2D eigenvalue weighted by atomic mass is 10.1. The van der Waals surface area contributed by atoms with E-state index in [-0.39, 0.29) is 12.5 Å². The quantitative estimate of drug-likeness (QED) is 0.482. The predicted octanol–water partition coefficient (Wildman–Crippen LogP) is 4.66. The fraction of sp³-hybridized carbons (Fsp3) is 0.0952. The molecule has 0 saturated heterocycles. The van der Waals surface area contributed by atoms with Gasteiger partial charge in [0.1, 0.15) is 12.3 Å². The third-order valence-corrected chi connectivity index (χ3v) is 3.98. The van der Waals surface area contributed by atoms with Crippen molar-refractivity contribution in [2.75, 3.05) is 0 Å². The minimum atomic E-state index is -0.655. The third kappa shape index (κ3) is 3.79. The predicted molar refractivity (Wildman–Crippen MR) is 97.7 cm³/mol. The number of carbonyl (C=O) groups is 1. The maximum absolute atomic E-state index is 12.1. The van der Waals surface area contributed by atoms with Gasteiger partial charge in [0, 0.05) is 17.2 Å². The van der Waals surface area contributed by atoms with Crippen molar-refractivity contribution in [2.45, 2.75) is 13.5 Å². The van der Waals surface area contributed by atoms with Crippen molar-refractivity contribution >= 4 is 5.97 Å². The van der Waals surface area contributed by atoms with Crippen LogP contribution in [0.4, 0.5) is 0 Å². The van der Waals surface area contributed by atoms with E-state index in [1.807, 2.05) is 61.5 Å². The highest BCUT2D eigenvalue weighted by atomic mass is 16.5. The van der Waals surface area contributed by atoms with Crippen molar-refractivity contribution in [3.8, 4) is 22.6 Å². The Balaban J connectivity index is 1.40. The zero-order valence-electron chi connectivity index (χ0n) is 14.6. The molecule has 0 radical (unpaired) electrons. The van der Waals surface area contributed by atoms with Gasteiger partial charge in [-0.1, -0.05) is 65.3 Å². The van der Waals surface area contributed by atoms with Crippen LogP contribution < -0.4 is 0 Å². The Morgan fingerprint density at radius 3 is 2.52 bits per heavy atom. The molecule has 2 aromatic heterocycles. The summed E-state index contributed by atoms with van der Waals surface area (Å²) in [6.07, 6.45) is 1.50. The van der Waals surface area contributed by atoms with E-state index in [9.17, 15) is 4.79 Å². The first-order valence-corrected chi connectivity index (χ1v) is 8.40. The van der Waals surface area contributed by atoms with Gasteiger partial charge in [0.25, 0.3) is 0 Å². The molecule has 2 heterocycles. The molecule has 0 bridgehead atoms. The molecule has 134 valence electrons. The van der Waals surface area contributed by atoms with Gasteiger partial charge in [-0.05, 0) is 6.92 Å². The smallest absolute Gasteiger partial charge is 0.395 e. The largest absolute Gasteiger partial charge is 0.452 e. The lowest BCUT2D eigenvalue weighted by Gasteiger charge is -1.98. The summed E-state index contributed by atoms with van der Waals surface area (Å²) in [6, 6.07) is 19.0. The normalized spacial score (nSPS) is 10.7. The number of esters is 1. The minimum Gasteiger partial charge on any atom is -0.452 e. The highest BCUT2D eigenvalue weighted by molar-refractivity contribution is 5.84. The molecule has 4 aromatic rings. The van der Waals surface area contributed by atoms with Crippen LogP contribution >= 0.6 is 0 Å². The average molecular weight is 360 g/mol. The van der Waals surface area contributed by atoms with Crippen LogP contribution in [0, 0.1) is 6.92 Å². The maximum Gasteiger partial charge on any atom is 0.395 e. The molecule has 27 heavy (non-hydrogen) atoms. The molecule has 0 saturated carbocycles. The van der Waals surface area contributed by atoms with Gasteiger partial charge in [-0.15, -0.1) is 0 Å². The van der Waals surface area contributed by atoms with Gasteiger partial charge >= 0.3 is 11.9 Å². The summed E-state index contributed by atoms with van der Waals surface area (Å²) in [5.41, 5.74) is 3.41. The molecule has 0 spiro atoms. The van der Waals surface area contributed by atoms with Crippen molar-refractivity contribution in [3.05, 3.63) is 84.0 Å². The van der Waals surface area contributed by atoms with Crippen molar-refractivity contribution in [3.63, 3.8) is 0 Å². The molecule has 4 rings (SSSR count). The van der Waals surface area contributed by atoms with Gasteiger partial charge in [-0.3, -0.25) is 0 Å². The lowest BCUT2D eigenvalue weighted by Crippen LogP contribution is -2.05. The molecule has 2 aromatic carbocycles. The number of benzene rings is 2. The van der Waals surface area contributed by atoms with E-state index in [4.69, 9.17) is 13.7 Å². The summed E-state index contributed by atoms with van der Waals surface area (Å²) in [4.78, 5) is 16.1. The zero-order valence-corrected chi connectivity index (χ0v) is 14.6. The van der Waals surface area contributed by atoms with E-state index in [1.165, 1.54) is 6.20 Å². The van der Waals surface area contributed by atoms with Gasteiger partial charge in [0.15, 0.2) is 11.5 Å². The topological polar surface area (TPSA) is 78.4 Å². The van der Waals surface area contributed by atoms with Crippen molar-refractivity contribution in [1.29, 1.82) is 0 Å². The number of ether oxygens (including phenoxy) is 1. The lowest BCUT2D eigenvalue weighted by molar-refractivity contribution is 0.0419. The summed E-state index contributed by atoms with van der Waals surface area (Å²) in [6.45, 7) is 1.98. The highest BCUT2D eigenvalue weighted by Gasteiger charge is 2.17. The van der Waals surface area contributed by atoms with Crippen LogP contribution in [0.2, 0.25) is 0 Å². The summed E-state index contributed by atoms with van der Waals surface area (Å²) < 4.78 is 16.0. The number of rotatable bonds is 5. The van der Waals surface area contributed by atoms with Crippen LogP contribution in [-0.2, 0) is 11.3 Å². The summed E-state index contributed by atoms with van der Waals surface area (Å²) in [7, 11) is 0. The third-order valence-electron chi connectivity index (χ3n) is 3.98. The monoisotopic (exact) mass is 360 g/mol. The molecule has 0 unspecified atom stereocenters. The number of aromatic nitrogens is 2. The standard InChI is InChI=1S/C21H16N2O4/c1-14-7-9-16(10-8-14)18-11-17(23-27-18)13-25-21(24)20-22-12-19(26-20)15-5-3-2-4-6-15/h2-12H,13H2,1H3. The van der Waals surface area contributed by atoms with Crippen LogP contribution in [0.5, 0.6) is 0 Å². The number of hydrogen-bond donors (Lipinski definition) is 0. The fourth-order valence-electron chi connectivity index (χ4n) is 2.54. The molecular formula is C21H16N2O4. The Kier molecular flexibility index (Phi) is 4.53. The van der Waals surface area contributed by atoms with E-state index in [1.54, 1.807) is 6.07 Å². The zero-order chi connectivity index (χ0) is 18.6. The van der Waals surface area contributed by atoms with E-state index in [0.717, 1.165) is 16.7 Å². The van der Waals surface area contributed by atoms with Crippen LogP contribution in [0.3, 0.4) is 0 Å². The van der Waals surface area contributed by atoms with E-state index < -0.39 is 5.97 Å². The Hall–Kier alpha value is -3.67. The first kappa shape index (κ1) is 16.8. The number of nitrogens with zero attached hydrogens (tertiary/aromatic N) is 2. The summed E-state index contributed by atoms with van der Waals surface area (Å²) in [5, 5.41) is 3.93. The van der Waals surface area contributed by atoms with Crippen LogP contribution in [0.1, 0.15) is 21.9 Å². The number of hydrogen-bond acceptors (Lipinski definition) is 6. The molecule has 0 aliphatic carbocycles. The van der Waals surface area contributed by atoms with Crippen LogP contribution in [0.25, 0.3) is 22.6 Å². The van der Waals surface area contributed by atoms with Gasteiger partial charge < -0.3 is 13.7 Å². The van der Waals surface area contributed by atoms with Crippen LogP contribution in [0.15, 0.2) is 75.8 Å². The number of aryl methyl sites for hydroxylation is 1. The Labute approximate surface area is 155 Å². The Morgan fingerprint density at radius 1 is 1.00 bits per heavy atom. The molecular weight excluding hydrogens is 344 g/mol. The van der Waals surface area contributed by atoms with Gasteiger partial charge in [-0.2, -0.15) is 0 Å². The molecule has 0 fully saturated rings. The van der Waals surface area contributed by atoms with Gasteiger partial charge in [-0.25, -0.2) is 9.78 Å². The average Bonchev–Trinajstić information content (AvgIpc) is 3.37. The second kappa shape index (κ2) is 7.29. The van der Waals surface area contributed by atoms with Gasteiger partial charge in [0.2, 0.25) is 0 Å². The summed E-state index contributed by atoms with van der Waals surface area (Å²) in [5.74, 6) is 0.363. The minimum absolute atomic E-state index is 0.0305. The molecule has 0 aliphatic heterocycles. The molecule has 0 amide bonds. The van der Waals surface area contributed by atoms with E-state index in [0.29, 0.717) is 17.2 Å². The Morgan fingerprint density at radius 2 is 1.74 bits per heavy atom. The van der Waals surface area contributed by atoms with Gasteiger partial charge in [0.05, 0.1) is 6.20 Å². The van der Waals surface area contributed by atoms with E-state index in [2.05, 4.69) is 10.1 Å². The Bertz CT molecular complexity index is 1050. The van der Waals surface area contributed by atoms with E-state index >= 15 is 0 Å². The number of carbonyl (C=O) groups excluding carboxylic acids is 1. The fourth-order valence-corrected chi connectivity index (χ4v) is 2.54. The highest BCUT2D eigenvalue weighted by Crippen LogP contribution is 2.22. The van der Waals surface area contributed by atoms with Crippen molar-refractivity contribution < 1.29 is 18.5 Å². The molecule has 6 nitrogen and oxygen atoms in total. The number of oxazole rings is 1. The molecule has 0 atom stereocenters. The molecule has 0 aliphatic rings. The first-order chi connectivity index (χ1) is 13.2. The summed E-state index contributed by atoms with van der Waals surface area (Å²) >= 11 is 0. The second-order valence-corrected chi connectivity index (χ2v) is 6.02. The molecule has 6 heteroatoms. The molecule has 0 N–H and O–H groups in total. The van der Waals surface area contributed by atoms with Crippen LogP contribution in [-0.4, -0.2) is 16.1 Å². The van der Waals surface area contributed by atoms with Crippen molar-refractivity contribution in [2.24, 2.45) is 0 Å². The second-order valence-electron chi connectivity index (χ2n) is 6.02. The SMILES string of the molecule is Cc1ccc(-c2cc(COC(=O)c3ncc(-c4ccccc4)o3)no2)cc1. The first-order valence-electron chi connectivity index (χ1n) is 8.40. The maximum atomic E-state index is 12.1.